The second kappa shape index (κ2) is 3.41. The third-order valence-electron chi connectivity index (χ3n) is 2.32. The van der Waals surface area contributed by atoms with E-state index in [1.54, 1.807) is 19.3 Å². The molecule has 0 saturated heterocycles. The van der Waals surface area contributed by atoms with Crippen molar-refractivity contribution in [2.24, 2.45) is 0 Å². The zero-order chi connectivity index (χ0) is 11.0. The van der Waals surface area contributed by atoms with Crippen LogP contribution < -0.4 is 0 Å². The monoisotopic (exact) mass is 211 g/mol. The van der Waals surface area contributed by atoms with Gasteiger partial charge in [-0.15, -0.1) is 0 Å². The van der Waals surface area contributed by atoms with Gasteiger partial charge in [0, 0.05) is 6.92 Å². The molecule has 0 aliphatic rings. The first kappa shape index (κ1) is 9.03. The summed E-state index contributed by atoms with van der Waals surface area (Å²) in [7, 11) is 0. The van der Waals surface area contributed by atoms with E-state index < -0.39 is 0 Å². The summed E-state index contributed by atoms with van der Waals surface area (Å²) in [6, 6.07) is 7.73. The van der Waals surface area contributed by atoms with Crippen LogP contribution in [-0.4, -0.2) is 15.0 Å². The molecule has 3 aromatic rings. The van der Waals surface area contributed by atoms with Crippen LogP contribution in [0.15, 0.2) is 41.1 Å². The lowest BCUT2D eigenvalue weighted by Crippen LogP contribution is -1.86. The Labute approximate surface area is 92.0 Å². The van der Waals surface area contributed by atoms with Gasteiger partial charge in [-0.3, -0.25) is 4.98 Å². The summed E-state index contributed by atoms with van der Waals surface area (Å²) in [5, 5.41) is 0. The van der Waals surface area contributed by atoms with E-state index in [0.717, 1.165) is 11.0 Å². The molecule has 0 amide bonds. The molecular formula is C12H9N3O. The van der Waals surface area contributed by atoms with Crippen LogP contribution >= 0.6 is 0 Å². The van der Waals surface area contributed by atoms with Crippen molar-refractivity contribution >= 4 is 11.0 Å². The fraction of sp³-hybridized carbons (Fsp3) is 0.0833. The molecule has 0 atom stereocenters. The Balaban J connectivity index is 2.18. The fourth-order valence-electron chi connectivity index (χ4n) is 1.56. The normalized spacial score (nSPS) is 10.8. The van der Waals surface area contributed by atoms with Gasteiger partial charge in [-0.05, 0) is 12.1 Å². The number of nitrogens with zero attached hydrogens (tertiary/aromatic N) is 3. The largest absolute Gasteiger partial charge is 0.439 e. The Kier molecular flexibility index (Phi) is 1.93. The summed E-state index contributed by atoms with van der Waals surface area (Å²) in [6.07, 6.45) is 3.36. The number of hydrogen-bond acceptors (Lipinski definition) is 4. The third-order valence-corrected chi connectivity index (χ3v) is 2.32. The number of para-hydroxylation sites is 2. The second-order valence-corrected chi connectivity index (χ2v) is 3.49. The van der Waals surface area contributed by atoms with E-state index in [9.17, 15) is 0 Å². The number of rotatable bonds is 1. The molecule has 0 aliphatic carbocycles. The van der Waals surface area contributed by atoms with E-state index in [1.165, 1.54) is 0 Å². The van der Waals surface area contributed by atoms with Gasteiger partial charge < -0.3 is 4.42 Å². The summed E-state index contributed by atoms with van der Waals surface area (Å²) in [4.78, 5) is 12.8. The Bertz CT molecular complexity index is 645. The zero-order valence-corrected chi connectivity index (χ0v) is 8.71. The van der Waals surface area contributed by atoms with Gasteiger partial charge in [0.15, 0.2) is 11.7 Å². The molecule has 0 radical (unpaired) electrons. The van der Waals surface area contributed by atoms with Crippen LogP contribution in [0.2, 0.25) is 0 Å². The van der Waals surface area contributed by atoms with Crippen LogP contribution in [0, 0.1) is 6.92 Å². The first-order chi connectivity index (χ1) is 7.83. The predicted octanol–water partition coefficient (Wildman–Crippen LogP) is 2.59. The van der Waals surface area contributed by atoms with Gasteiger partial charge in [0.1, 0.15) is 5.69 Å². The van der Waals surface area contributed by atoms with Gasteiger partial charge in [-0.1, -0.05) is 12.1 Å². The Morgan fingerprint density at radius 3 is 2.56 bits per heavy atom. The van der Waals surface area contributed by atoms with Gasteiger partial charge in [0.2, 0.25) is 0 Å². The minimum absolute atomic E-state index is 0.630. The standard InChI is InChI=1S/C12H9N3O/c1-8-13-7-12(16-8)11-6-14-9-4-2-3-5-10(9)15-11/h2-7H,1H3. The SMILES string of the molecule is Cc1ncc(-c2cnc3ccccc3n2)o1. The van der Waals surface area contributed by atoms with E-state index >= 15 is 0 Å². The highest BCUT2D eigenvalue weighted by Crippen LogP contribution is 2.19. The van der Waals surface area contributed by atoms with Gasteiger partial charge in [-0.25, -0.2) is 9.97 Å². The van der Waals surface area contributed by atoms with E-state index in [0.29, 0.717) is 17.3 Å². The third kappa shape index (κ3) is 1.44. The molecule has 0 N–H and O–H groups in total. The van der Waals surface area contributed by atoms with Crippen molar-refractivity contribution in [1.29, 1.82) is 0 Å². The zero-order valence-electron chi connectivity index (χ0n) is 8.71. The molecule has 0 unspecified atom stereocenters. The average molecular weight is 211 g/mol. The Morgan fingerprint density at radius 1 is 1.00 bits per heavy atom. The van der Waals surface area contributed by atoms with Gasteiger partial charge in [0.05, 0.1) is 23.4 Å². The number of aromatic nitrogens is 3. The fourth-order valence-corrected chi connectivity index (χ4v) is 1.56. The number of fused-ring (bicyclic) bond motifs is 1. The lowest BCUT2D eigenvalue weighted by molar-refractivity contribution is 0.532. The highest BCUT2D eigenvalue weighted by Gasteiger charge is 2.06. The van der Waals surface area contributed by atoms with Crippen LogP contribution in [0.1, 0.15) is 5.89 Å². The smallest absolute Gasteiger partial charge is 0.191 e. The van der Waals surface area contributed by atoms with Crippen LogP contribution in [0.4, 0.5) is 0 Å². The number of oxazole rings is 1. The maximum Gasteiger partial charge on any atom is 0.191 e. The molecule has 0 saturated carbocycles. The molecular weight excluding hydrogens is 202 g/mol. The number of aryl methyl sites for hydroxylation is 1. The summed E-state index contributed by atoms with van der Waals surface area (Å²) >= 11 is 0. The molecule has 16 heavy (non-hydrogen) atoms. The van der Waals surface area contributed by atoms with Gasteiger partial charge in [-0.2, -0.15) is 0 Å². The molecule has 2 heterocycles. The van der Waals surface area contributed by atoms with Crippen LogP contribution in [0.25, 0.3) is 22.5 Å². The predicted molar refractivity (Wildman–Crippen MR) is 59.8 cm³/mol. The summed E-state index contributed by atoms with van der Waals surface area (Å²) in [6.45, 7) is 1.80. The molecule has 4 heteroatoms. The van der Waals surface area contributed by atoms with Crippen molar-refractivity contribution in [1.82, 2.24) is 15.0 Å². The van der Waals surface area contributed by atoms with E-state index in [1.807, 2.05) is 24.3 Å². The minimum atomic E-state index is 0.630. The lowest BCUT2D eigenvalue weighted by atomic mass is 10.3. The quantitative estimate of drug-likeness (QED) is 0.620. The van der Waals surface area contributed by atoms with Crippen molar-refractivity contribution in [2.45, 2.75) is 6.92 Å². The maximum atomic E-state index is 5.40. The van der Waals surface area contributed by atoms with Gasteiger partial charge in [0.25, 0.3) is 0 Å². The maximum absolute atomic E-state index is 5.40. The van der Waals surface area contributed by atoms with E-state index in [2.05, 4.69) is 15.0 Å². The molecule has 2 aromatic heterocycles. The topological polar surface area (TPSA) is 51.8 Å². The number of hydrogen-bond donors (Lipinski definition) is 0. The summed E-state index contributed by atoms with van der Waals surface area (Å²) < 4.78 is 5.40. The molecule has 0 fully saturated rings. The van der Waals surface area contributed by atoms with Crippen molar-refractivity contribution in [2.75, 3.05) is 0 Å². The Morgan fingerprint density at radius 2 is 1.81 bits per heavy atom. The van der Waals surface area contributed by atoms with Crippen LogP contribution in [0.5, 0.6) is 0 Å². The Hall–Kier alpha value is -2.23. The number of benzene rings is 1. The van der Waals surface area contributed by atoms with Crippen molar-refractivity contribution in [3.05, 3.63) is 42.5 Å². The highest BCUT2D eigenvalue weighted by atomic mass is 16.4. The van der Waals surface area contributed by atoms with Crippen LogP contribution in [-0.2, 0) is 0 Å². The molecule has 78 valence electrons. The van der Waals surface area contributed by atoms with Gasteiger partial charge >= 0.3 is 0 Å². The van der Waals surface area contributed by atoms with Crippen molar-refractivity contribution in [3.8, 4) is 11.5 Å². The van der Waals surface area contributed by atoms with E-state index in [-0.39, 0.29) is 0 Å². The van der Waals surface area contributed by atoms with Crippen molar-refractivity contribution in [3.63, 3.8) is 0 Å². The minimum Gasteiger partial charge on any atom is -0.439 e. The summed E-state index contributed by atoms with van der Waals surface area (Å²) in [5.74, 6) is 1.28. The first-order valence-electron chi connectivity index (χ1n) is 4.97. The molecule has 4 nitrogen and oxygen atoms in total. The molecule has 1 aromatic carbocycles. The lowest BCUT2D eigenvalue weighted by Gasteiger charge is -1.98. The van der Waals surface area contributed by atoms with Crippen LogP contribution in [0.3, 0.4) is 0 Å². The summed E-state index contributed by atoms with van der Waals surface area (Å²) in [5.41, 5.74) is 2.44. The molecule has 0 spiro atoms. The molecule has 0 aliphatic heterocycles. The van der Waals surface area contributed by atoms with Crippen molar-refractivity contribution < 1.29 is 4.42 Å². The molecule has 3 rings (SSSR count). The highest BCUT2D eigenvalue weighted by molar-refractivity contribution is 5.75. The second-order valence-electron chi connectivity index (χ2n) is 3.49. The van der Waals surface area contributed by atoms with E-state index in [4.69, 9.17) is 4.42 Å². The average Bonchev–Trinajstić information content (AvgIpc) is 2.75. The first-order valence-corrected chi connectivity index (χ1v) is 4.97. The molecule has 0 bridgehead atoms.